The van der Waals surface area contributed by atoms with Gasteiger partial charge in [0.15, 0.2) is 0 Å². The summed E-state index contributed by atoms with van der Waals surface area (Å²) in [7, 11) is -3.71. The van der Waals surface area contributed by atoms with Crippen molar-refractivity contribution in [3.05, 3.63) is 96.2 Å². The molecule has 0 atom stereocenters. The normalized spacial score (nSPS) is 15.0. The van der Waals surface area contributed by atoms with E-state index in [0.717, 1.165) is 18.4 Å². The molecule has 1 amide bonds. The number of piperidine rings is 1. The van der Waals surface area contributed by atoms with Crippen molar-refractivity contribution in [3.8, 4) is 0 Å². The second kappa shape index (κ2) is 8.75. The number of nitrogens with zero attached hydrogens (tertiary/aromatic N) is 1. The second-order valence-electron chi connectivity index (χ2n) is 8.36. The van der Waals surface area contributed by atoms with Crippen molar-refractivity contribution in [2.75, 3.05) is 17.8 Å². The zero-order chi connectivity index (χ0) is 22.8. The van der Waals surface area contributed by atoms with Gasteiger partial charge in [-0.15, -0.1) is 0 Å². The molecule has 0 radical (unpaired) electrons. The molecule has 168 valence electrons. The van der Waals surface area contributed by atoms with Crippen LogP contribution in [0.15, 0.2) is 90.0 Å². The Balaban J connectivity index is 1.27. The lowest BCUT2D eigenvalue weighted by Gasteiger charge is -2.32. The predicted molar refractivity (Wildman–Crippen MR) is 130 cm³/mol. The molecule has 0 bridgehead atoms. The fraction of sp³-hybridized carbons (Fsp3) is 0.192. The van der Waals surface area contributed by atoms with Crippen LogP contribution >= 0.6 is 0 Å². The Labute approximate surface area is 193 Å². The first kappa shape index (κ1) is 21.3. The summed E-state index contributed by atoms with van der Waals surface area (Å²) in [5.74, 6) is 0.336. The van der Waals surface area contributed by atoms with Crippen LogP contribution in [0.3, 0.4) is 0 Å². The lowest BCUT2D eigenvalue weighted by atomic mass is 9.89. The number of H-pyrrole nitrogens is 1. The topological polar surface area (TPSA) is 82.3 Å². The number of nitrogens with one attached hydrogen (secondary N) is 2. The van der Waals surface area contributed by atoms with Crippen molar-refractivity contribution in [1.82, 2.24) is 9.88 Å². The average molecular weight is 460 g/mol. The lowest BCUT2D eigenvalue weighted by molar-refractivity contribution is 0.0713. The monoisotopic (exact) mass is 459 g/mol. The number of sulfonamides is 1. The zero-order valence-corrected chi connectivity index (χ0v) is 18.9. The average Bonchev–Trinajstić information content (AvgIpc) is 3.28. The van der Waals surface area contributed by atoms with Crippen LogP contribution in [0.25, 0.3) is 10.9 Å². The minimum absolute atomic E-state index is 0.0758. The molecule has 2 heterocycles. The first-order chi connectivity index (χ1) is 16.0. The number of para-hydroxylation sites is 1. The van der Waals surface area contributed by atoms with Crippen LogP contribution < -0.4 is 4.72 Å². The summed E-state index contributed by atoms with van der Waals surface area (Å²) in [6.45, 7) is 1.34. The van der Waals surface area contributed by atoms with Crippen molar-refractivity contribution in [1.29, 1.82) is 0 Å². The minimum Gasteiger partial charge on any atom is -0.361 e. The van der Waals surface area contributed by atoms with Gasteiger partial charge in [-0.1, -0.05) is 42.5 Å². The van der Waals surface area contributed by atoms with Crippen LogP contribution in [0, 0.1) is 0 Å². The molecule has 0 aliphatic carbocycles. The number of anilines is 1. The molecule has 7 heteroatoms. The van der Waals surface area contributed by atoms with Gasteiger partial charge in [0.1, 0.15) is 0 Å². The third kappa shape index (κ3) is 4.36. The van der Waals surface area contributed by atoms with E-state index in [4.69, 9.17) is 0 Å². The Kier molecular flexibility index (Phi) is 5.64. The molecule has 1 fully saturated rings. The van der Waals surface area contributed by atoms with E-state index < -0.39 is 10.0 Å². The fourth-order valence-corrected chi connectivity index (χ4v) is 5.61. The molecule has 1 aliphatic rings. The van der Waals surface area contributed by atoms with Crippen molar-refractivity contribution in [2.45, 2.75) is 23.7 Å². The molecule has 6 nitrogen and oxygen atoms in total. The van der Waals surface area contributed by atoms with E-state index in [2.05, 4.69) is 34.1 Å². The molecular weight excluding hydrogens is 434 g/mol. The van der Waals surface area contributed by atoms with Gasteiger partial charge >= 0.3 is 0 Å². The summed E-state index contributed by atoms with van der Waals surface area (Å²) in [6.07, 6.45) is 3.89. The first-order valence-corrected chi connectivity index (χ1v) is 12.5. The van der Waals surface area contributed by atoms with Crippen molar-refractivity contribution < 1.29 is 13.2 Å². The number of amides is 1. The maximum absolute atomic E-state index is 13.1. The number of rotatable bonds is 5. The highest BCUT2D eigenvalue weighted by Gasteiger charge is 2.26. The maximum Gasteiger partial charge on any atom is 0.261 e. The van der Waals surface area contributed by atoms with Crippen LogP contribution in [-0.2, 0) is 10.0 Å². The van der Waals surface area contributed by atoms with Crippen LogP contribution in [0.4, 0.5) is 5.69 Å². The summed E-state index contributed by atoms with van der Waals surface area (Å²) < 4.78 is 27.8. The van der Waals surface area contributed by atoms with Crippen LogP contribution in [-0.4, -0.2) is 37.3 Å². The van der Waals surface area contributed by atoms with E-state index in [-0.39, 0.29) is 10.8 Å². The van der Waals surface area contributed by atoms with Crippen molar-refractivity contribution >= 4 is 32.5 Å². The van der Waals surface area contributed by atoms with Gasteiger partial charge in [0.05, 0.1) is 4.90 Å². The molecule has 33 heavy (non-hydrogen) atoms. The van der Waals surface area contributed by atoms with E-state index in [1.54, 1.807) is 42.5 Å². The number of fused-ring (bicyclic) bond motifs is 1. The van der Waals surface area contributed by atoms with Gasteiger partial charge in [0, 0.05) is 41.4 Å². The molecule has 4 aromatic rings. The molecule has 2 N–H and O–H groups in total. The van der Waals surface area contributed by atoms with Crippen molar-refractivity contribution in [2.24, 2.45) is 0 Å². The standard InChI is InChI=1S/C26H25N3O3S/c30-26(20-7-6-8-21(17-20)28-33(31,32)22-9-2-1-3-10-22)29-15-13-19(14-16-29)24-18-27-25-12-5-4-11-23(24)25/h1-12,17-19,27-28H,13-16H2. The molecule has 1 aromatic heterocycles. The second-order valence-corrected chi connectivity index (χ2v) is 10.0. The Morgan fingerprint density at radius 1 is 0.909 bits per heavy atom. The van der Waals surface area contributed by atoms with Gasteiger partial charge in [-0.05, 0) is 60.7 Å². The summed E-state index contributed by atoms with van der Waals surface area (Å²) >= 11 is 0. The smallest absolute Gasteiger partial charge is 0.261 e. The molecular formula is C26H25N3O3S. The van der Waals surface area contributed by atoms with E-state index in [0.29, 0.717) is 30.3 Å². The molecule has 0 unspecified atom stereocenters. The number of likely N-dealkylation sites (tertiary alicyclic amines) is 1. The van der Waals surface area contributed by atoms with Gasteiger partial charge in [-0.25, -0.2) is 8.42 Å². The number of aromatic amines is 1. The SMILES string of the molecule is O=C(c1cccc(NS(=O)(=O)c2ccccc2)c1)N1CCC(c2c[nH]c3ccccc23)CC1. The van der Waals surface area contributed by atoms with E-state index >= 15 is 0 Å². The Hall–Kier alpha value is -3.58. The molecule has 0 saturated carbocycles. The Bertz CT molecular complexity index is 1390. The molecule has 3 aromatic carbocycles. The molecule has 0 spiro atoms. The van der Waals surface area contributed by atoms with Crippen LogP contribution in [0.2, 0.25) is 0 Å². The predicted octanol–water partition coefficient (Wildman–Crippen LogP) is 4.99. The number of aromatic nitrogens is 1. The zero-order valence-electron chi connectivity index (χ0n) is 18.1. The highest BCUT2D eigenvalue weighted by atomic mass is 32.2. The summed E-state index contributed by atoms with van der Waals surface area (Å²) in [6, 6.07) is 23.2. The summed E-state index contributed by atoms with van der Waals surface area (Å²) in [5.41, 5.74) is 3.31. The number of hydrogen-bond acceptors (Lipinski definition) is 3. The molecule has 5 rings (SSSR count). The minimum atomic E-state index is -3.71. The highest BCUT2D eigenvalue weighted by molar-refractivity contribution is 7.92. The quantitative estimate of drug-likeness (QED) is 0.441. The Morgan fingerprint density at radius 3 is 2.42 bits per heavy atom. The maximum atomic E-state index is 13.1. The molecule has 1 saturated heterocycles. The number of carbonyl (C=O) groups excluding carboxylic acids is 1. The molecule has 1 aliphatic heterocycles. The van der Waals surface area contributed by atoms with Crippen LogP contribution in [0.5, 0.6) is 0 Å². The highest BCUT2D eigenvalue weighted by Crippen LogP contribution is 2.33. The third-order valence-corrected chi connectivity index (χ3v) is 7.66. The van der Waals surface area contributed by atoms with Crippen LogP contribution in [0.1, 0.15) is 34.7 Å². The third-order valence-electron chi connectivity index (χ3n) is 6.26. The van der Waals surface area contributed by atoms with Gasteiger partial charge in [0.25, 0.3) is 15.9 Å². The van der Waals surface area contributed by atoms with E-state index in [9.17, 15) is 13.2 Å². The van der Waals surface area contributed by atoms with Gasteiger partial charge in [0.2, 0.25) is 0 Å². The van der Waals surface area contributed by atoms with E-state index in [1.807, 2.05) is 11.0 Å². The lowest BCUT2D eigenvalue weighted by Crippen LogP contribution is -2.37. The number of benzene rings is 3. The van der Waals surface area contributed by atoms with Gasteiger partial charge in [-0.2, -0.15) is 0 Å². The number of hydrogen-bond donors (Lipinski definition) is 2. The Morgan fingerprint density at radius 2 is 1.64 bits per heavy atom. The first-order valence-electron chi connectivity index (χ1n) is 11.0. The number of carbonyl (C=O) groups is 1. The summed E-state index contributed by atoms with van der Waals surface area (Å²) in [4.78, 5) is 18.5. The van der Waals surface area contributed by atoms with Gasteiger partial charge in [-0.3, -0.25) is 9.52 Å². The van der Waals surface area contributed by atoms with E-state index in [1.165, 1.54) is 23.1 Å². The summed E-state index contributed by atoms with van der Waals surface area (Å²) in [5, 5.41) is 1.25. The largest absolute Gasteiger partial charge is 0.361 e. The fourth-order valence-electron chi connectivity index (χ4n) is 4.54. The van der Waals surface area contributed by atoms with Gasteiger partial charge < -0.3 is 9.88 Å². The van der Waals surface area contributed by atoms with Crippen molar-refractivity contribution in [3.63, 3.8) is 0 Å².